The van der Waals surface area contributed by atoms with Crippen LogP contribution in [0, 0.1) is 18.8 Å². The highest BCUT2D eigenvalue weighted by Crippen LogP contribution is 2.32. The molecule has 1 saturated carbocycles. The van der Waals surface area contributed by atoms with E-state index < -0.39 is 0 Å². The number of Topliss-reactive ketones (excluding diaryl/α,β-unsaturated/α-hetero) is 1. The highest BCUT2D eigenvalue weighted by molar-refractivity contribution is 5.94. The van der Waals surface area contributed by atoms with Crippen molar-refractivity contribution in [1.82, 2.24) is 9.97 Å². The van der Waals surface area contributed by atoms with E-state index in [1.54, 1.807) is 12.4 Å². The Balaban J connectivity index is 2.06. The van der Waals surface area contributed by atoms with E-state index >= 15 is 0 Å². The molecule has 92 valence electrons. The van der Waals surface area contributed by atoms with E-state index in [4.69, 9.17) is 0 Å². The van der Waals surface area contributed by atoms with E-state index in [1.807, 2.05) is 6.92 Å². The molecule has 2 rings (SSSR count). The number of ketones is 1. The first-order valence-corrected chi connectivity index (χ1v) is 6.53. The van der Waals surface area contributed by atoms with Crippen LogP contribution in [0.5, 0.6) is 0 Å². The van der Waals surface area contributed by atoms with Gasteiger partial charge in [-0.1, -0.05) is 26.2 Å². The molecule has 1 fully saturated rings. The molecule has 17 heavy (non-hydrogen) atoms. The van der Waals surface area contributed by atoms with Gasteiger partial charge in [0.2, 0.25) is 5.78 Å². The topological polar surface area (TPSA) is 42.9 Å². The quantitative estimate of drug-likeness (QED) is 0.752. The van der Waals surface area contributed by atoms with Gasteiger partial charge in [0.25, 0.3) is 0 Å². The molecule has 1 aliphatic carbocycles. The van der Waals surface area contributed by atoms with Crippen molar-refractivity contribution in [3.63, 3.8) is 0 Å². The first kappa shape index (κ1) is 12.2. The Bertz CT molecular complexity index is 386. The fourth-order valence-electron chi connectivity index (χ4n) is 2.60. The van der Waals surface area contributed by atoms with Crippen molar-refractivity contribution in [2.75, 3.05) is 0 Å². The maximum Gasteiger partial charge on any atom is 0.203 e. The predicted octanol–water partition coefficient (Wildman–Crippen LogP) is 3.18. The van der Waals surface area contributed by atoms with Gasteiger partial charge in [0.15, 0.2) is 5.82 Å². The molecule has 1 aromatic rings. The number of hydrogen-bond donors (Lipinski definition) is 0. The smallest absolute Gasteiger partial charge is 0.203 e. The molecule has 1 heterocycles. The summed E-state index contributed by atoms with van der Waals surface area (Å²) >= 11 is 0. The van der Waals surface area contributed by atoms with E-state index in [0.29, 0.717) is 11.7 Å². The standard InChI is InChI=1S/C14H20N2O/c1-3-11-5-4-6-12(7-11)13(17)14-15-8-10(2)9-16-14/h8-9,11-12H,3-7H2,1-2H3. The summed E-state index contributed by atoms with van der Waals surface area (Å²) in [6, 6.07) is 0. The summed E-state index contributed by atoms with van der Waals surface area (Å²) < 4.78 is 0. The number of rotatable bonds is 3. The number of aromatic nitrogens is 2. The molecule has 0 spiro atoms. The molecule has 3 heteroatoms. The number of hydrogen-bond acceptors (Lipinski definition) is 3. The minimum Gasteiger partial charge on any atom is -0.290 e. The third-order valence-corrected chi connectivity index (χ3v) is 3.73. The summed E-state index contributed by atoms with van der Waals surface area (Å²) in [6.07, 6.45) is 9.09. The van der Waals surface area contributed by atoms with Crippen molar-refractivity contribution in [2.45, 2.75) is 46.0 Å². The molecule has 1 aromatic heterocycles. The summed E-state index contributed by atoms with van der Waals surface area (Å²) in [5, 5.41) is 0. The van der Waals surface area contributed by atoms with Crippen molar-refractivity contribution in [1.29, 1.82) is 0 Å². The van der Waals surface area contributed by atoms with Gasteiger partial charge in [0, 0.05) is 18.3 Å². The number of carbonyl (C=O) groups excluding carboxylic acids is 1. The molecule has 0 amide bonds. The summed E-state index contributed by atoms with van der Waals surface area (Å²) in [7, 11) is 0. The zero-order chi connectivity index (χ0) is 12.3. The van der Waals surface area contributed by atoms with Crippen LogP contribution in [0.2, 0.25) is 0 Å². The molecule has 0 aliphatic heterocycles. The van der Waals surface area contributed by atoms with Crippen LogP contribution in [0.4, 0.5) is 0 Å². The van der Waals surface area contributed by atoms with Gasteiger partial charge in [0.1, 0.15) is 0 Å². The van der Waals surface area contributed by atoms with Crippen molar-refractivity contribution in [2.24, 2.45) is 11.8 Å². The molecule has 0 N–H and O–H groups in total. The number of nitrogens with zero attached hydrogens (tertiary/aromatic N) is 2. The van der Waals surface area contributed by atoms with E-state index in [1.165, 1.54) is 19.3 Å². The SMILES string of the molecule is CCC1CCCC(C(=O)c2ncc(C)cn2)C1. The van der Waals surface area contributed by atoms with Crippen LogP contribution >= 0.6 is 0 Å². The van der Waals surface area contributed by atoms with Gasteiger partial charge in [-0.15, -0.1) is 0 Å². The second-order valence-electron chi connectivity index (χ2n) is 5.09. The minimum atomic E-state index is 0.142. The maximum absolute atomic E-state index is 12.2. The normalized spacial score (nSPS) is 24.6. The molecule has 2 atom stereocenters. The van der Waals surface area contributed by atoms with Crippen LogP contribution in [-0.4, -0.2) is 15.8 Å². The van der Waals surface area contributed by atoms with Crippen LogP contribution in [0.25, 0.3) is 0 Å². The number of carbonyl (C=O) groups is 1. The molecule has 0 radical (unpaired) electrons. The molecular weight excluding hydrogens is 212 g/mol. The van der Waals surface area contributed by atoms with Crippen molar-refractivity contribution < 1.29 is 4.79 Å². The Kier molecular flexibility index (Phi) is 3.87. The summed E-state index contributed by atoms with van der Waals surface area (Å²) in [6.45, 7) is 4.14. The fraction of sp³-hybridized carbons (Fsp3) is 0.643. The molecule has 1 aliphatic rings. The first-order valence-electron chi connectivity index (χ1n) is 6.53. The minimum absolute atomic E-state index is 0.142. The molecular formula is C14H20N2O. The van der Waals surface area contributed by atoms with Crippen LogP contribution in [0.3, 0.4) is 0 Å². The lowest BCUT2D eigenvalue weighted by Gasteiger charge is -2.26. The van der Waals surface area contributed by atoms with Crippen LogP contribution < -0.4 is 0 Å². The summed E-state index contributed by atoms with van der Waals surface area (Å²) in [4.78, 5) is 20.5. The second-order valence-corrected chi connectivity index (χ2v) is 5.09. The lowest BCUT2D eigenvalue weighted by molar-refractivity contribution is 0.0851. The second kappa shape index (κ2) is 5.39. The summed E-state index contributed by atoms with van der Waals surface area (Å²) in [5.74, 6) is 1.40. The van der Waals surface area contributed by atoms with Crippen molar-refractivity contribution in [3.05, 3.63) is 23.8 Å². The molecule has 3 nitrogen and oxygen atoms in total. The Labute approximate surface area is 103 Å². The molecule has 0 saturated heterocycles. The van der Waals surface area contributed by atoms with Crippen LogP contribution in [0.15, 0.2) is 12.4 Å². The monoisotopic (exact) mass is 232 g/mol. The van der Waals surface area contributed by atoms with E-state index in [0.717, 1.165) is 18.4 Å². The maximum atomic E-state index is 12.2. The van der Waals surface area contributed by atoms with Gasteiger partial charge >= 0.3 is 0 Å². The van der Waals surface area contributed by atoms with Gasteiger partial charge in [-0.05, 0) is 31.2 Å². The van der Waals surface area contributed by atoms with E-state index in [9.17, 15) is 4.79 Å². The van der Waals surface area contributed by atoms with Gasteiger partial charge in [-0.25, -0.2) is 9.97 Å². The largest absolute Gasteiger partial charge is 0.290 e. The van der Waals surface area contributed by atoms with Crippen molar-refractivity contribution in [3.8, 4) is 0 Å². The number of aryl methyl sites for hydroxylation is 1. The van der Waals surface area contributed by atoms with Crippen molar-refractivity contribution >= 4 is 5.78 Å². The van der Waals surface area contributed by atoms with E-state index in [2.05, 4.69) is 16.9 Å². The van der Waals surface area contributed by atoms with Gasteiger partial charge in [-0.3, -0.25) is 4.79 Å². The third kappa shape index (κ3) is 2.90. The van der Waals surface area contributed by atoms with Gasteiger partial charge in [0.05, 0.1) is 0 Å². The Morgan fingerprint density at radius 3 is 2.71 bits per heavy atom. The molecule has 2 unspecified atom stereocenters. The third-order valence-electron chi connectivity index (χ3n) is 3.73. The Morgan fingerprint density at radius 1 is 1.35 bits per heavy atom. The highest BCUT2D eigenvalue weighted by atomic mass is 16.1. The highest BCUT2D eigenvalue weighted by Gasteiger charge is 2.28. The predicted molar refractivity (Wildman–Crippen MR) is 66.8 cm³/mol. The van der Waals surface area contributed by atoms with E-state index in [-0.39, 0.29) is 11.7 Å². The Hall–Kier alpha value is -1.25. The zero-order valence-electron chi connectivity index (χ0n) is 10.6. The molecule has 0 bridgehead atoms. The lowest BCUT2D eigenvalue weighted by atomic mass is 9.78. The fourth-order valence-corrected chi connectivity index (χ4v) is 2.60. The van der Waals surface area contributed by atoms with Gasteiger partial charge < -0.3 is 0 Å². The van der Waals surface area contributed by atoms with Crippen LogP contribution in [0.1, 0.15) is 55.2 Å². The first-order chi connectivity index (χ1) is 8.20. The molecule has 0 aromatic carbocycles. The average Bonchev–Trinajstić information content (AvgIpc) is 2.39. The van der Waals surface area contributed by atoms with Crippen LogP contribution in [-0.2, 0) is 0 Å². The zero-order valence-corrected chi connectivity index (χ0v) is 10.6. The lowest BCUT2D eigenvalue weighted by Crippen LogP contribution is -2.24. The average molecular weight is 232 g/mol. The Morgan fingerprint density at radius 2 is 2.06 bits per heavy atom. The summed E-state index contributed by atoms with van der Waals surface area (Å²) in [5.41, 5.74) is 0.997. The van der Waals surface area contributed by atoms with Gasteiger partial charge in [-0.2, -0.15) is 0 Å².